The van der Waals surface area contributed by atoms with Gasteiger partial charge in [0.2, 0.25) is 15.9 Å². The molecule has 1 amide bonds. The maximum atomic E-state index is 12.3. The van der Waals surface area contributed by atoms with Crippen LogP contribution in [0.15, 0.2) is 42.5 Å². The van der Waals surface area contributed by atoms with E-state index >= 15 is 0 Å². The zero-order chi connectivity index (χ0) is 19.3. The van der Waals surface area contributed by atoms with Gasteiger partial charge < -0.3 is 5.32 Å². The third-order valence-corrected chi connectivity index (χ3v) is 5.06. The summed E-state index contributed by atoms with van der Waals surface area (Å²) in [4.78, 5) is 12.3. The molecule has 1 N–H and O–H groups in total. The van der Waals surface area contributed by atoms with Crippen molar-refractivity contribution in [3.05, 3.63) is 59.2 Å². The van der Waals surface area contributed by atoms with E-state index in [0.717, 1.165) is 21.7 Å². The normalized spacial score (nSPS) is 10.8. The summed E-state index contributed by atoms with van der Waals surface area (Å²) in [6, 6.07) is 14.0. The van der Waals surface area contributed by atoms with Gasteiger partial charge in [-0.3, -0.25) is 9.10 Å². The molecular weight excluding hydrogens is 350 g/mol. The Morgan fingerprint density at radius 1 is 1.19 bits per heavy atom. The van der Waals surface area contributed by atoms with Crippen molar-refractivity contribution in [1.29, 1.82) is 5.26 Å². The molecule has 0 aliphatic rings. The van der Waals surface area contributed by atoms with Crippen molar-refractivity contribution in [2.75, 3.05) is 22.4 Å². The molecule has 0 spiro atoms. The molecule has 6 nitrogen and oxygen atoms in total. The lowest BCUT2D eigenvalue weighted by atomic mass is 10.1. The Morgan fingerprint density at radius 2 is 1.92 bits per heavy atom. The minimum atomic E-state index is -3.58. The first-order valence-electron chi connectivity index (χ1n) is 8.05. The lowest BCUT2D eigenvalue weighted by molar-refractivity contribution is -0.116. The highest BCUT2D eigenvalue weighted by atomic mass is 32.2. The highest BCUT2D eigenvalue weighted by Gasteiger charge is 2.19. The summed E-state index contributed by atoms with van der Waals surface area (Å²) in [6.07, 6.45) is 1.07. The fraction of sp³-hybridized carbons (Fsp3) is 0.263. The number of nitriles is 1. The van der Waals surface area contributed by atoms with Gasteiger partial charge in [0.1, 0.15) is 0 Å². The van der Waals surface area contributed by atoms with Crippen molar-refractivity contribution < 1.29 is 13.2 Å². The van der Waals surface area contributed by atoms with E-state index in [0.29, 0.717) is 16.9 Å². The predicted octanol–water partition coefficient (Wildman–Crippen LogP) is 2.97. The van der Waals surface area contributed by atoms with Crippen LogP contribution in [0.1, 0.15) is 23.1 Å². The van der Waals surface area contributed by atoms with Gasteiger partial charge in [0, 0.05) is 18.7 Å². The second-order valence-corrected chi connectivity index (χ2v) is 8.02. The fourth-order valence-corrected chi connectivity index (χ4v) is 3.51. The quantitative estimate of drug-likeness (QED) is 0.845. The van der Waals surface area contributed by atoms with Crippen molar-refractivity contribution in [3.63, 3.8) is 0 Å². The van der Waals surface area contributed by atoms with Gasteiger partial charge in [-0.25, -0.2) is 8.42 Å². The molecule has 0 aliphatic carbocycles. The first-order chi connectivity index (χ1) is 12.2. The molecule has 2 aromatic carbocycles. The number of rotatable bonds is 6. The summed E-state index contributed by atoms with van der Waals surface area (Å²) in [6.45, 7) is 3.86. The molecule has 0 atom stereocenters. The number of hydrogen-bond acceptors (Lipinski definition) is 4. The van der Waals surface area contributed by atoms with Crippen LogP contribution in [-0.4, -0.2) is 27.1 Å². The minimum Gasteiger partial charge on any atom is -0.326 e. The van der Waals surface area contributed by atoms with Crippen LogP contribution in [0.2, 0.25) is 0 Å². The molecule has 0 fully saturated rings. The number of sulfonamides is 1. The van der Waals surface area contributed by atoms with Crippen LogP contribution in [0.25, 0.3) is 0 Å². The van der Waals surface area contributed by atoms with Crippen molar-refractivity contribution in [3.8, 4) is 6.07 Å². The summed E-state index contributed by atoms with van der Waals surface area (Å²) in [5, 5.41) is 11.8. The Hall–Kier alpha value is -2.85. The number of benzene rings is 2. The maximum absolute atomic E-state index is 12.3. The maximum Gasteiger partial charge on any atom is 0.232 e. The number of anilines is 2. The zero-order valence-corrected chi connectivity index (χ0v) is 15.8. The van der Waals surface area contributed by atoms with Crippen molar-refractivity contribution in [2.45, 2.75) is 20.3 Å². The summed E-state index contributed by atoms with van der Waals surface area (Å²) in [5.41, 5.74) is 3.47. The van der Waals surface area contributed by atoms with Gasteiger partial charge in [-0.2, -0.15) is 5.26 Å². The van der Waals surface area contributed by atoms with Gasteiger partial charge in [0.15, 0.2) is 0 Å². The standard InChI is InChI=1S/C19H21N3O3S/c1-14-7-8-18(15(2)11-14)21-19(23)9-10-22(26(3,24)25)17-6-4-5-16(12-17)13-20/h4-8,11-12H,9-10H2,1-3H3,(H,21,23). The molecule has 0 saturated heterocycles. The number of amides is 1. The molecule has 0 unspecified atom stereocenters. The van der Waals surface area contributed by atoms with E-state index in [4.69, 9.17) is 5.26 Å². The lowest BCUT2D eigenvalue weighted by Gasteiger charge is -2.22. The molecular formula is C19H21N3O3S. The van der Waals surface area contributed by atoms with Gasteiger partial charge in [0.25, 0.3) is 0 Å². The number of carbonyl (C=O) groups is 1. The van der Waals surface area contributed by atoms with Crippen LogP contribution in [0.4, 0.5) is 11.4 Å². The van der Waals surface area contributed by atoms with Crippen LogP contribution in [0.3, 0.4) is 0 Å². The van der Waals surface area contributed by atoms with Gasteiger partial charge in [-0.15, -0.1) is 0 Å². The molecule has 0 bridgehead atoms. The Bertz CT molecular complexity index is 962. The van der Waals surface area contributed by atoms with Crippen LogP contribution in [0.5, 0.6) is 0 Å². The molecule has 7 heteroatoms. The molecule has 0 aromatic heterocycles. The minimum absolute atomic E-state index is 0.00281. The molecule has 0 radical (unpaired) electrons. The zero-order valence-electron chi connectivity index (χ0n) is 15.0. The third kappa shape index (κ3) is 5.07. The van der Waals surface area contributed by atoms with Gasteiger partial charge in [-0.1, -0.05) is 23.8 Å². The highest BCUT2D eigenvalue weighted by Crippen LogP contribution is 2.20. The Morgan fingerprint density at radius 3 is 2.54 bits per heavy atom. The Labute approximate surface area is 154 Å². The topological polar surface area (TPSA) is 90.3 Å². The summed E-state index contributed by atoms with van der Waals surface area (Å²) >= 11 is 0. The van der Waals surface area contributed by atoms with Crippen molar-refractivity contribution >= 4 is 27.3 Å². The van der Waals surface area contributed by atoms with Crippen LogP contribution in [0, 0.1) is 25.2 Å². The Kier molecular flexibility index (Phi) is 6.01. The monoisotopic (exact) mass is 371 g/mol. The van der Waals surface area contributed by atoms with Crippen LogP contribution >= 0.6 is 0 Å². The molecule has 0 heterocycles. The molecule has 2 aromatic rings. The fourth-order valence-electron chi connectivity index (χ4n) is 2.59. The van der Waals surface area contributed by atoms with Gasteiger partial charge >= 0.3 is 0 Å². The van der Waals surface area contributed by atoms with Crippen LogP contribution in [-0.2, 0) is 14.8 Å². The first-order valence-corrected chi connectivity index (χ1v) is 9.90. The smallest absolute Gasteiger partial charge is 0.232 e. The van der Waals surface area contributed by atoms with Crippen molar-refractivity contribution in [2.24, 2.45) is 0 Å². The number of nitrogens with zero attached hydrogens (tertiary/aromatic N) is 2. The first kappa shape index (κ1) is 19.5. The van der Waals surface area contributed by atoms with E-state index in [1.165, 1.54) is 6.07 Å². The van der Waals surface area contributed by atoms with Gasteiger partial charge in [0.05, 0.1) is 23.6 Å². The molecule has 0 saturated carbocycles. The van der Waals surface area contributed by atoms with Gasteiger partial charge in [-0.05, 0) is 43.7 Å². The highest BCUT2D eigenvalue weighted by molar-refractivity contribution is 7.92. The van der Waals surface area contributed by atoms with E-state index in [9.17, 15) is 13.2 Å². The van der Waals surface area contributed by atoms with E-state index in [1.807, 2.05) is 38.1 Å². The van der Waals surface area contributed by atoms with E-state index in [1.54, 1.807) is 18.2 Å². The van der Waals surface area contributed by atoms with Crippen LogP contribution < -0.4 is 9.62 Å². The predicted molar refractivity (Wildman–Crippen MR) is 103 cm³/mol. The number of carbonyl (C=O) groups excluding carboxylic acids is 1. The molecule has 2 rings (SSSR count). The third-order valence-electron chi connectivity index (χ3n) is 3.86. The average molecular weight is 371 g/mol. The summed E-state index contributed by atoms with van der Waals surface area (Å²) < 4.78 is 25.3. The van der Waals surface area contributed by atoms with Crippen molar-refractivity contribution in [1.82, 2.24) is 0 Å². The average Bonchev–Trinajstić information content (AvgIpc) is 2.56. The number of hydrogen-bond donors (Lipinski definition) is 1. The number of nitrogens with one attached hydrogen (secondary N) is 1. The molecule has 136 valence electrons. The molecule has 0 aliphatic heterocycles. The number of aryl methyl sites for hydroxylation is 2. The van der Waals surface area contributed by atoms with E-state index < -0.39 is 10.0 Å². The molecule has 26 heavy (non-hydrogen) atoms. The second-order valence-electron chi connectivity index (χ2n) is 6.11. The SMILES string of the molecule is Cc1ccc(NC(=O)CCN(c2cccc(C#N)c2)S(C)(=O)=O)c(C)c1. The van der Waals surface area contributed by atoms with E-state index in [2.05, 4.69) is 5.32 Å². The largest absolute Gasteiger partial charge is 0.326 e. The summed E-state index contributed by atoms with van der Waals surface area (Å²) in [5.74, 6) is -0.276. The lowest BCUT2D eigenvalue weighted by Crippen LogP contribution is -2.33. The summed E-state index contributed by atoms with van der Waals surface area (Å²) in [7, 11) is -3.58. The Balaban J connectivity index is 2.12. The van der Waals surface area contributed by atoms with E-state index in [-0.39, 0.29) is 18.9 Å². The second kappa shape index (κ2) is 8.02.